The lowest BCUT2D eigenvalue weighted by Gasteiger charge is -2.21. The SMILES string of the molecule is O=CCc1cnc(CC2CCNCC2)s1. The molecular weight excluding hydrogens is 208 g/mol. The lowest BCUT2D eigenvalue weighted by molar-refractivity contribution is -0.107. The number of rotatable bonds is 4. The van der Waals surface area contributed by atoms with E-state index in [9.17, 15) is 4.79 Å². The maximum atomic E-state index is 10.3. The minimum Gasteiger partial charge on any atom is -0.317 e. The first kappa shape index (κ1) is 10.8. The van der Waals surface area contributed by atoms with Crippen LogP contribution in [-0.4, -0.2) is 24.4 Å². The summed E-state index contributed by atoms with van der Waals surface area (Å²) in [6, 6.07) is 0. The summed E-state index contributed by atoms with van der Waals surface area (Å²) in [5.74, 6) is 0.779. The monoisotopic (exact) mass is 224 g/mol. The molecule has 0 aromatic carbocycles. The summed E-state index contributed by atoms with van der Waals surface area (Å²) in [5.41, 5.74) is 0. The molecule has 1 aliphatic rings. The van der Waals surface area contributed by atoms with Gasteiger partial charge >= 0.3 is 0 Å². The molecule has 0 atom stereocenters. The highest BCUT2D eigenvalue weighted by molar-refractivity contribution is 7.11. The summed E-state index contributed by atoms with van der Waals surface area (Å²) in [6.07, 6.45) is 6.90. The predicted octanol–water partition coefficient (Wildman–Crippen LogP) is 1.43. The highest BCUT2D eigenvalue weighted by Crippen LogP contribution is 2.21. The van der Waals surface area contributed by atoms with Gasteiger partial charge in [-0.15, -0.1) is 11.3 Å². The second-order valence-corrected chi connectivity index (χ2v) is 5.19. The molecule has 0 amide bonds. The lowest BCUT2D eigenvalue weighted by Crippen LogP contribution is -2.28. The van der Waals surface area contributed by atoms with E-state index >= 15 is 0 Å². The number of hydrogen-bond acceptors (Lipinski definition) is 4. The Balaban J connectivity index is 1.88. The number of carbonyl (C=O) groups excluding carboxylic acids is 1. The first-order valence-electron chi connectivity index (χ1n) is 5.46. The number of nitrogens with one attached hydrogen (secondary N) is 1. The van der Waals surface area contributed by atoms with Crippen molar-refractivity contribution in [1.29, 1.82) is 0 Å². The first-order valence-corrected chi connectivity index (χ1v) is 6.28. The number of nitrogens with zero attached hydrogens (tertiary/aromatic N) is 1. The fraction of sp³-hybridized carbons (Fsp3) is 0.636. The number of aromatic nitrogens is 1. The quantitative estimate of drug-likeness (QED) is 0.787. The fourth-order valence-electron chi connectivity index (χ4n) is 1.95. The van der Waals surface area contributed by atoms with Crippen molar-refractivity contribution in [2.24, 2.45) is 5.92 Å². The van der Waals surface area contributed by atoms with Crippen molar-refractivity contribution in [2.75, 3.05) is 13.1 Å². The average Bonchev–Trinajstić information content (AvgIpc) is 2.68. The standard InChI is InChI=1S/C11H16N2OS/c14-6-3-10-8-13-11(15-10)7-9-1-4-12-5-2-9/h6,8-9,12H,1-5,7H2. The normalized spacial score (nSPS) is 17.9. The van der Waals surface area contributed by atoms with Gasteiger partial charge in [0.15, 0.2) is 0 Å². The molecule has 2 rings (SSSR count). The average molecular weight is 224 g/mol. The number of aldehydes is 1. The minimum absolute atomic E-state index is 0.518. The van der Waals surface area contributed by atoms with Crippen molar-refractivity contribution in [3.05, 3.63) is 16.1 Å². The van der Waals surface area contributed by atoms with E-state index in [1.54, 1.807) is 11.3 Å². The number of carbonyl (C=O) groups is 1. The second kappa shape index (κ2) is 5.37. The van der Waals surface area contributed by atoms with Gasteiger partial charge < -0.3 is 10.1 Å². The van der Waals surface area contributed by atoms with Crippen molar-refractivity contribution in [1.82, 2.24) is 10.3 Å². The Morgan fingerprint density at radius 1 is 1.53 bits per heavy atom. The zero-order chi connectivity index (χ0) is 10.5. The van der Waals surface area contributed by atoms with Gasteiger partial charge in [0.1, 0.15) is 6.29 Å². The zero-order valence-electron chi connectivity index (χ0n) is 8.74. The van der Waals surface area contributed by atoms with Crippen LogP contribution in [0.25, 0.3) is 0 Å². The molecule has 2 heterocycles. The molecule has 1 aromatic rings. The molecule has 82 valence electrons. The maximum Gasteiger partial charge on any atom is 0.125 e. The van der Waals surface area contributed by atoms with Crippen LogP contribution < -0.4 is 5.32 Å². The fourth-order valence-corrected chi connectivity index (χ4v) is 2.94. The third kappa shape index (κ3) is 3.11. The molecule has 0 bridgehead atoms. The van der Waals surface area contributed by atoms with Gasteiger partial charge in [-0.05, 0) is 31.8 Å². The van der Waals surface area contributed by atoms with Gasteiger partial charge in [-0.2, -0.15) is 0 Å². The molecular formula is C11H16N2OS. The van der Waals surface area contributed by atoms with Gasteiger partial charge in [0.25, 0.3) is 0 Å². The van der Waals surface area contributed by atoms with Crippen LogP contribution in [0.1, 0.15) is 22.7 Å². The smallest absolute Gasteiger partial charge is 0.125 e. The summed E-state index contributed by atoms with van der Waals surface area (Å²) in [4.78, 5) is 15.8. The van der Waals surface area contributed by atoms with Crippen LogP contribution in [0.2, 0.25) is 0 Å². The van der Waals surface area contributed by atoms with Crippen LogP contribution in [0.5, 0.6) is 0 Å². The molecule has 0 radical (unpaired) electrons. The minimum atomic E-state index is 0.518. The van der Waals surface area contributed by atoms with Gasteiger partial charge in [0.05, 0.1) is 5.01 Å². The van der Waals surface area contributed by atoms with Crippen molar-refractivity contribution >= 4 is 17.6 Å². The van der Waals surface area contributed by atoms with E-state index in [-0.39, 0.29) is 0 Å². The van der Waals surface area contributed by atoms with E-state index in [1.165, 1.54) is 17.8 Å². The predicted molar refractivity (Wildman–Crippen MR) is 61.2 cm³/mol. The molecule has 4 heteroatoms. The maximum absolute atomic E-state index is 10.3. The number of thiazole rings is 1. The van der Waals surface area contributed by atoms with Crippen LogP contribution in [0.15, 0.2) is 6.20 Å². The summed E-state index contributed by atoms with van der Waals surface area (Å²) in [6.45, 7) is 2.27. The largest absolute Gasteiger partial charge is 0.317 e. The molecule has 0 unspecified atom stereocenters. The van der Waals surface area contributed by atoms with Crippen molar-refractivity contribution in [3.8, 4) is 0 Å². The first-order chi connectivity index (χ1) is 7.38. The van der Waals surface area contributed by atoms with Crippen LogP contribution in [0.4, 0.5) is 0 Å². The van der Waals surface area contributed by atoms with Crippen LogP contribution in [-0.2, 0) is 17.6 Å². The van der Waals surface area contributed by atoms with E-state index in [2.05, 4.69) is 10.3 Å². The summed E-state index contributed by atoms with van der Waals surface area (Å²) in [7, 11) is 0. The Labute approximate surface area is 93.9 Å². The van der Waals surface area contributed by atoms with Gasteiger partial charge in [-0.25, -0.2) is 4.98 Å². The highest BCUT2D eigenvalue weighted by atomic mass is 32.1. The number of hydrogen-bond donors (Lipinski definition) is 1. The second-order valence-electron chi connectivity index (χ2n) is 3.99. The van der Waals surface area contributed by atoms with E-state index in [1.807, 2.05) is 6.20 Å². The summed E-state index contributed by atoms with van der Waals surface area (Å²) >= 11 is 1.69. The van der Waals surface area contributed by atoms with Crippen molar-refractivity contribution in [3.63, 3.8) is 0 Å². The van der Waals surface area contributed by atoms with Gasteiger partial charge in [0, 0.05) is 23.9 Å². The summed E-state index contributed by atoms with van der Waals surface area (Å²) in [5, 5.41) is 4.56. The third-order valence-electron chi connectivity index (χ3n) is 2.81. The molecule has 1 aromatic heterocycles. The molecule has 3 nitrogen and oxygen atoms in total. The van der Waals surface area contributed by atoms with Gasteiger partial charge in [-0.1, -0.05) is 0 Å². The number of piperidine rings is 1. The molecule has 1 saturated heterocycles. The van der Waals surface area contributed by atoms with Crippen LogP contribution >= 0.6 is 11.3 Å². The van der Waals surface area contributed by atoms with Crippen molar-refractivity contribution in [2.45, 2.75) is 25.7 Å². The molecule has 1 fully saturated rings. The topological polar surface area (TPSA) is 42.0 Å². The Bertz CT molecular complexity index is 318. The van der Waals surface area contributed by atoms with Crippen molar-refractivity contribution < 1.29 is 4.79 Å². The van der Waals surface area contributed by atoms with Gasteiger partial charge in [-0.3, -0.25) is 0 Å². The molecule has 1 N–H and O–H groups in total. The van der Waals surface area contributed by atoms with E-state index in [0.29, 0.717) is 6.42 Å². The Morgan fingerprint density at radius 2 is 2.33 bits per heavy atom. The zero-order valence-corrected chi connectivity index (χ0v) is 9.55. The summed E-state index contributed by atoms with van der Waals surface area (Å²) < 4.78 is 0. The highest BCUT2D eigenvalue weighted by Gasteiger charge is 2.15. The van der Waals surface area contributed by atoms with Gasteiger partial charge in [0.2, 0.25) is 0 Å². The molecule has 15 heavy (non-hydrogen) atoms. The third-order valence-corrected chi connectivity index (χ3v) is 3.85. The Hall–Kier alpha value is -0.740. The van der Waals surface area contributed by atoms with Crippen LogP contribution in [0.3, 0.4) is 0 Å². The molecule has 0 saturated carbocycles. The molecule has 0 spiro atoms. The lowest BCUT2D eigenvalue weighted by atomic mass is 9.95. The Morgan fingerprint density at radius 3 is 3.07 bits per heavy atom. The van der Waals surface area contributed by atoms with E-state index in [0.717, 1.165) is 36.6 Å². The molecule has 1 aliphatic heterocycles. The van der Waals surface area contributed by atoms with Crippen LogP contribution in [0, 0.1) is 5.92 Å². The Kier molecular flexibility index (Phi) is 3.86. The molecule has 0 aliphatic carbocycles. The van der Waals surface area contributed by atoms with E-state index in [4.69, 9.17) is 0 Å². The van der Waals surface area contributed by atoms with E-state index < -0.39 is 0 Å².